The molecule has 1 N–H and O–H groups in total. The molecule has 0 aliphatic heterocycles. The van der Waals surface area contributed by atoms with Gasteiger partial charge in [0.2, 0.25) is 0 Å². The van der Waals surface area contributed by atoms with E-state index in [1.165, 1.54) is 12.1 Å². The van der Waals surface area contributed by atoms with Crippen LogP contribution < -0.4 is 0 Å². The quantitative estimate of drug-likeness (QED) is 0.813. The summed E-state index contributed by atoms with van der Waals surface area (Å²) in [6.45, 7) is 0.591. The summed E-state index contributed by atoms with van der Waals surface area (Å²) in [5.41, 5.74) is -2.83. The number of carbonyl (C=O) groups is 1. The zero-order valence-corrected chi connectivity index (χ0v) is 8.58. The topological polar surface area (TPSA) is 37.3 Å². The van der Waals surface area contributed by atoms with Crippen LogP contribution in [0.3, 0.4) is 0 Å². The third-order valence-electron chi connectivity index (χ3n) is 2.21. The van der Waals surface area contributed by atoms with Crippen molar-refractivity contribution in [3.05, 3.63) is 35.9 Å². The Morgan fingerprint density at radius 3 is 2.19 bits per heavy atom. The minimum absolute atomic E-state index is 0.159. The second-order valence-corrected chi connectivity index (χ2v) is 3.74. The van der Waals surface area contributed by atoms with Gasteiger partial charge in [-0.05, 0) is 6.92 Å². The van der Waals surface area contributed by atoms with E-state index in [1.54, 1.807) is 18.2 Å². The number of hydrogen-bond acceptors (Lipinski definition) is 2. The van der Waals surface area contributed by atoms with Crippen LogP contribution in [-0.2, 0) is 0 Å². The molecular weight excluding hydrogens is 221 g/mol. The van der Waals surface area contributed by atoms with Crippen molar-refractivity contribution in [2.75, 3.05) is 0 Å². The van der Waals surface area contributed by atoms with E-state index in [0.717, 1.165) is 0 Å². The lowest BCUT2D eigenvalue weighted by molar-refractivity contribution is -0.250. The largest absolute Gasteiger partial charge is 0.417 e. The molecule has 5 heteroatoms. The van der Waals surface area contributed by atoms with Gasteiger partial charge in [0.25, 0.3) is 0 Å². The van der Waals surface area contributed by atoms with Crippen molar-refractivity contribution >= 4 is 5.78 Å². The molecule has 0 bridgehead atoms. The van der Waals surface area contributed by atoms with Crippen LogP contribution in [0.25, 0.3) is 0 Å². The van der Waals surface area contributed by atoms with Gasteiger partial charge >= 0.3 is 6.18 Å². The summed E-state index contributed by atoms with van der Waals surface area (Å²) in [4.78, 5) is 11.4. The number of Topliss-reactive ketones (excluding diaryl/α,β-unsaturated/α-hetero) is 1. The van der Waals surface area contributed by atoms with E-state index in [-0.39, 0.29) is 5.56 Å². The molecule has 1 aromatic carbocycles. The van der Waals surface area contributed by atoms with E-state index in [4.69, 9.17) is 5.11 Å². The summed E-state index contributed by atoms with van der Waals surface area (Å²) in [5.74, 6) is -0.733. The summed E-state index contributed by atoms with van der Waals surface area (Å²) in [5, 5.41) is 9.14. The zero-order valence-electron chi connectivity index (χ0n) is 8.58. The van der Waals surface area contributed by atoms with E-state index in [0.29, 0.717) is 6.92 Å². The highest BCUT2D eigenvalue weighted by atomic mass is 19.4. The lowest BCUT2D eigenvalue weighted by Crippen LogP contribution is -2.43. The van der Waals surface area contributed by atoms with Gasteiger partial charge in [-0.3, -0.25) is 4.79 Å². The maximum Gasteiger partial charge on any atom is 0.417 e. The first kappa shape index (κ1) is 12.7. The highest BCUT2D eigenvalue weighted by Crippen LogP contribution is 2.33. The number of rotatable bonds is 3. The third-order valence-corrected chi connectivity index (χ3v) is 2.21. The van der Waals surface area contributed by atoms with Crippen molar-refractivity contribution < 1.29 is 23.1 Å². The molecule has 0 aromatic heterocycles. The van der Waals surface area contributed by atoms with Crippen molar-refractivity contribution in [1.82, 2.24) is 0 Å². The molecule has 16 heavy (non-hydrogen) atoms. The van der Waals surface area contributed by atoms with Crippen LogP contribution in [0.4, 0.5) is 13.2 Å². The highest BCUT2D eigenvalue weighted by molar-refractivity contribution is 5.96. The number of halogens is 3. The lowest BCUT2D eigenvalue weighted by Gasteiger charge is -2.25. The molecule has 1 aromatic rings. The van der Waals surface area contributed by atoms with Crippen LogP contribution in [0.1, 0.15) is 23.7 Å². The fraction of sp³-hybridized carbons (Fsp3) is 0.364. The van der Waals surface area contributed by atoms with Crippen LogP contribution in [0.15, 0.2) is 30.3 Å². The molecule has 0 saturated heterocycles. The molecule has 1 rings (SSSR count). The fourth-order valence-corrected chi connectivity index (χ4v) is 1.14. The monoisotopic (exact) mass is 232 g/mol. The number of carbonyl (C=O) groups excluding carboxylic acids is 1. The number of ketones is 1. The molecule has 0 radical (unpaired) electrons. The molecule has 88 valence electrons. The first-order valence-corrected chi connectivity index (χ1v) is 4.61. The summed E-state index contributed by atoms with van der Waals surface area (Å²) in [6.07, 6.45) is -5.78. The van der Waals surface area contributed by atoms with Gasteiger partial charge in [-0.25, -0.2) is 0 Å². The Hall–Kier alpha value is -1.36. The van der Waals surface area contributed by atoms with E-state index in [2.05, 4.69) is 0 Å². The zero-order chi connectivity index (χ0) is 12.4. The number of alkyl halides is 3. The van der Waals surface area contributed by atoms with Crippen LogP contribution in [0, 0.1) is 0 Å². The van der Waals surface area contributed by atoms with Gasteiger partial charge in [-0.2, -0.15) is 13.2 Å². The standard InChI is InChI=1S/C11H11F3O2/c1-10(16,11(12,13)14)7-9(15)8-5-3-2-4-6-8/h2-6,16H,7H2,1H3/t10-/m0/s1. The molecular formula is C11H11F3O2. The van der Waals surface area contributed by atoms with Crippen LogP contribution in [-0.4, -0.2) is 22.7 Å². The van der Waals surface area contributed by atoms with Gasteiger partial charge < -0.3 is 5.11 Å². The van der Waals surface area contributed by atoms with Gasteiger partial charge in [0.05, 0.1) is 0 Å². The summed E-state index contributed by atoms with van der Waals surface area (Å²) < 4.78 is 36.9. The number of aliphatic hydroxyl groups is 1. The Balaban J connectivity index is 2.80. The van der Waals surface area contributed by atoms with Crippen molar-refractivity contribution in [1.29, 1.82) is 0 Å². The normalized spacial score (nSPS) is 15.6. The number of hydrogen-bond donors (Lipinski definition) is 1. The predicted molar refractivity (Wildman–Crippen MR) is 52.1 cm³/mol. The van der Waals surface area contributed by atoms with Crippen LogP contribution >= 0.6 is 0 Å². The molecule has 0 saturated carbocycles. The molecule has 1 atom stereocenters. The Labute approximate surface area is 90.7 Å². The Morgan fingerprint density at radius 2 is 1.75 bits per heavy atom. The summed E-state index contributed by atoms with van der Waals surface area (Å²) >= 11 is 0. The van der Waals surface area contributed by atoms with Gasteiger partial charge in [-0.15, -0.1) is 0 Å². The van der Waals surface area contributed by atoms with Gasteiger partial charge in [0.1, 0.15) is 0 Å². The van der Waals surface area contributed by atoms with Crippen LogP contribution in [0.5, 0.6) is 0 Å². The molecule has 0 amide bonds. The first-order valence-electron chi connectivity index (χ1n) is 4.61. The van der Waals surface area contributed by atoms with Crippen molar-refractivity contribution in [3.8, 4) is 0 Å². The first-order chi connectivity index (χ1) is 7.24. The number of benzene rings is 1. The van der Waals surface area contributed by atoms with E-state index in [1.807, 2.05) is 0 Å². The Kier molecular flexibility index (Phi) is 3.38. The van der Waals surface area contributed by atoms with Crippen molar-refractivity contribution in [3.63, 3.8) is 0 Å². The predicted octanol–water partition coefficient (Wildman–Crippen LogP) is 2.57. The van der Waals surface area contributed by atoms with Crippen LogP contribution in [0.2, 0.25) is 0 Å². The minimum atomic E-state index is -4.81. The molecule has 0 aliphatic carbocycles. The average Bonchev–Trinajstić information content (AvgIpc) is 2.16. The molecule has 0 heterocycles. The molecule has 0 spiro atoms. The van der Waals surface area contributed by atoms with E-state index < -0.39 is 24.0 Å². The van der Waals surface area contributed by atoms with Gasteiger partial charge in [0, 0.05) is 12.0 Å². The Morgan fingerprint density at radius 1 is 1.25 bits per heavy atom. The Bertz CT molecular complexity index is 369. The molecule has 2 nitrogen and oxygen atoms in total. The fourth-order valence-electron chi connectivity index (χ4n) is 1.14. The van der Waals surface area contributed by atoms with E-state index in [9.17, 15) is 18.0 Å². The second-order valence-electron chi connectivity index (χ2n) is 3.74. The highest BCUT2D eigenvalue weighted by Gasteiger charge is 2.50. The summed E-state index contributed by atoms with van der Waals surface area (Å²) in [7, 11) is 0. The molecule has 0 fully saturated rings. The second kappa shape index (κ2) is 4.25. The maximum atomic E-state index is 12.3. The lowest BCUT2D eigenvalue weighted by atomic mass is 9.95. The third kappa shape index (κ3) is 2.82. The average molecular weight is 232 g/mol. The van der Waals surface area contributed by atoms with Crippen molar-refractivity contribution in [2.45, 2.75) is 25.1 Å². The smallest absolute Gasteiger partial charge is 0.380 e. The minimum Gasteiger partial charge on any atom is -0.380 e. The molecule has 0 unspecified atom stereocenters. The van der Waals surface area contributed by atoms with E-state index >= 15 is 0 Å². The SMILES string of the molecule is C[C@](O)(CC(=O)c1ccccc1)C(F)(F)F. The maximum absolute atomic E-state index is 12.3. The summed E-state index contributed by atoms with van der Waals surface area (Å²) in [6, 6.07) is 7.58. The van der Waals surface area contributed by atoms with Crippen molar-refractivity contribution in [2.24, 2.45) is 0 Å². The van der Waals surface area contributed by atoms with Gasteiger partial charge in [-0.1, -0.05) is 30.3 Å². The van der Waals surface area contributed by atoms with Gasteiger partial charge in [0.15, 0.2) is 11.4 Å². The molecule has 0 aliphatic rings.